The highest BCUT2D eigenvalue weighted by Gasteiger charge is 2.42. The normalized spacial score (nSPS) is 11.8. The van der Waals surface area contributed by atoms with Crippen LogP contribution in [-0.2, 0) is 9.53 Å². The summed E-state index contributed by atoms with van der Waals surface area (Å²) in [5.41, 5.74) is 0.517. The maximum Gasteiger partial charge on any atom is 0.393 e. The predicted octanol–water partition coefficient (Wildman–Crippen LogP) is 3.56. The number of carbonyl (C=O) groups is 1. The molecule has 2 aromatic rings. The predicted molar refractivity (Wildman–Crippen MR) is 65.7 cm³/mol. The van der Waals surface area contributed by atoms with Gasteiger partial charge in [-0.25, -0.2) is 9.18 Å². The first kappa shape index (κ1) is 13.8. The maximum atomic E-state index is 13.6. The second-order valence-electron chi connectivity index (χ2n) is 3.68. The highest BCUT2D eigenvalue weighted by molar-refractivity contribution is 8.01. The Balaban J connectivity index is 2.30. The van der Waals surface area contributed by atoms with Gasteiger partial charge in [0.05, 0.1) is 6.61 Å². The van der Waals surface area contributed by atoms with Crippen molar-refractivity contribution >= 4 is 28.6 Å². The molecule has 0 spiro atoms. The number of fused-ring (bicyclic) bond motifs is 1. The molecule has 7 heteroatoms. The quantitative estimate of drug-likeness (QED) is 0.691. The van der Waals surface area contributed by atoms with Crippen molar-refractivity contribution in [3.8, 4) is 0 Å². The van der Waals surface area contributed by atoms with E-state index in [-0.39, 0.29) is 23.3 Å². The Morgan fingerprint density at radius 3 is 2.89 bits per heavy atom. The molecule has 0 aliphatic carbocycles. The first-order valence-corrected chi connectivity index (χ1v) is 6.26. The summed E-state index contributed by atoms with van der Waals surface area (Å²) < 4.78 is 44.6. The lowest BCUT2D eigenvalue weighted by atomic mass is 10.2. The lowest BCUT2D eigenvalue weighted by Gasteiger charge is -2.13. The van der Waals surface area contributed by atoms with Crippen LogP contribution in [0.5, 0.6) is 0 Å². The van der Waals surface area contributed by atoms with Gasteiger partial charge >= 0.3 is 11.2 Å². The van der Waals surface area contributed by atoms with Gasteiger partial charge in [0.15, 0.2) is 0 Å². The topological polar surface area (TPSA) is 42.1 Å². The van der Waals surface area contributed by atoms with Crippen LogP contribution in [-0.4, -0.2) is 22.8 Å². The molecular formula is C12H10F3NO2S. The summed E-state index contributed by atoms with van der Waals surface area (Å²) in [6.07, 6.45) is 1.31. The van der Waals surface area contributed by atoms with E-state index in [9.17, 15) is 18.0 Å². The summed E-state index contributed by atoms with van der Waals surface area (Å²) in [6.45, 7) is 1.32. The van der Waals surface area contributed by atoms with Gasteiger partial charge in [-0.1, -0.05) is 0 Å². The molecule has 0 bridgehead atoms. The van der Waals surface area contributed by atoms with Crippen LogP contribution in [0.2, 0.25) is 0 Å². The minimum atomic E-state index is -3.71. The Morgan fingerprint density at radius 2 is 2.21 bits per heavy atom. The number of nitrogens with one attached hydrogen (secondary N) is 1. The van der Waals surface area contributed by atoms with Crippen molar-refractivity contribution in [1.82, 2.24) is 4.98 Å². The first-order valence-electron chi connectivity index (χ1n) is 5.44. The number of hydrogen-bond acceptors (Lipinski definition) is 3. The molecule has 0 aliphatic rings. The minimum absolute atomic E-state index is 0.0330. The largest absolute Gasteiger partial charge is 0.461 e. The van der Waals surface area contributed by atoms with Gasteiger partial charge in [0.2, 0.25) is 0 Å². The average molecular weight is 289 g/mol. The number of alkyl halides is 2. The number of H-pyrrole nitrogens is 1. The number of benzene rings is 1. The number of aromatic amines is 1. The SMILES string of the molecule is CCOC(=O)C(F)(F)Sc1c[nH]c2ccc(F)cc12. The summed E-state index contributed by atoms with van der Waals surface area (Å²) in [6, 6.07) is 3.80. The lowest BCUT2D eigenvalue weighted by molar-refractivity contribution is -0.159. The average Bonchev–Trinajstić information content (AvgIpc) is 2.72. The Morgan fingerprint density at radius 1 is 1.47 bits per heavy atom. The fourth-order valence-corrected chi connectivity index (χ4v) is 2.36. The van der Waals surface area contributed by atoms with Crippen LogP contribution in [0.1, 0.15) is 6.92 Å². The Kier molecular flexibility index (Phi) is 3.75. The first-order chi connectivity index (χ1) is 8.94. The molecule has 0 aliphatic heterocycles. The molecule has 102 valence electrons. The summed E-state index contributed by atoms with van der Waals surface area (Å²) in [5, 5.41) is -3.41. The van der Waals surface area contributed by atoms with Crippen molar-refractivity contribution < 1.29 is 22.7 Å². The van der Waals surface area contributed by atoms with Crippen LogP contribution in [0.25, 0.3) is 10.9 Å². The Hall–Kier alpha value is -1.63. The van der Waals surface area contributed by atoms with Crippen LogP contribution >= 0.6 is 11.8 Å². The van der Waals surface area contributed by atoms with E-state index in [0.717, 1.165) is 6.07 Å². The van der Waals surface area contributed by atoms with Crippen LogP contribution in [0.4, 0.5) is 13.2 Å². The molecule has 1 N–H and O–H groups in total. The monoisotopic (exact) mass is 289 g/mol. The van der Waals surface area contributed by atoms with Crippen LogP contribution in [0.3, 0.4) is 0 Å². The highest BCUT2D eigenvalue weighted by Crippen LogP contribution is 2.40. The molecular weight excluding hydrogens is 279 g/mol. The summed E-state index contributed by atoms with van der Waals surface area (Å²) in [7, 11) is 0. The molecule has 3 nitrogen and oxygen atoms in total. The van der Waals surface area contributed by atoms with Gasteiger partial charge in [-0.15, -0.1) is 0 Å². The molecule has 1 aromatic carbocycles. The van der Waals surface area contributed by atoms with E-state index in [1.54, 1.807) is 0 Å². The molecule has 1 heterocycles. The fourth-order valence-electron chi connectivity index (χ4n) is 1.55. The van der Waals surface area contributed by atoms with Gasteiger partial charge in [0.1, 0.15) is 5.82 Å². The van der Waals surface area contributed by atoms with Gasteiger partial charge < -0.3 is 9.72 Å². The fraction of sp³-hybridized carbons (Fsp3) is 0.250. The lowest BCUT2D eigenvalue weighted by Crippen LogP contribution is -2.26. The Labute approximate surface area is 111 Å². The summed E-state index contributed by atoms with van der Waals surface area (Å²) in [4.78, 5) is 13.9. The van der Waals surface area contributed by atoms with Crippen molar-refractivity contribution in [2.75, 3.05) is 6.61 Å². The number of carbonyl (C=O) groups excluding carboxylic acids is 1. The van der Waals surface area contributed by atoms with E-state index in [1.165, 1.54) is 25.3 Å². The number of esters is 1. The molecule has 0 atom stereocenters. The van der Waals surface area contributed by atoms with Crippen molar-refractivity contribution in [3.05, 3.63) is 30.2 Å². The smallest absolute Gasteiger partial charge is 0.393 e. The third-order valence-corrected chi connectivity index (χ3v) is 3.34. The molecule has 0 unspecified atom stereocenters. The van der Waals surface area contributed by atoms with Gasteiger partial charge in [0.25, 0.3) is 0 Å². The molecule has 0 amide bonds. The molecule has 0 saturated carbocycles. The standard InChI is InChI=1S/C12H10F3NO2S/c1-2-18-11(17)12(14,15)19-10-6-16-9-4-3-7(13)5-8(9)10/h3-6,16H,2H2,1H3. The second kappa shape index (κ2) is 5.16. The van der Waals surface area contributed by atoms with E-state index >= 15 is 0 Å². The molecule has 0 saturated heterocycles. The summed E-state index contributed by atoms with van der Waals surface area (Å²) >= 11 is 0.0330. The molecule has 2 rings (SSSR count). The van der Waals surface area contributed by atoms with Crippen molar-refractivity contribution in [2.45, 2.75) is 17.1 Å². The number of hydrogen-bond donors (Lipinski definition) is 1. The van der Waals surface area contributed by atoms with E-state index < -0.39 is 17.0 Å². The van der Waals surface area contributed by atoms with Crippen LogP contribution in [0, 0.1) is 5.82 Å². The third kappa shape index (κ3) is 2.86. The van der Waals surface area contributed by atoms with E-state index in [2.05, 4.69) is 9.72 Å². The second-order valence-corrected chi connectivity index (χ2v) is 4.84. The zero-order valence-electron chi connectivity index (χ0n) is 9.88. The van der Waals surface area contributed by atoms with E-state index in [0.29, 0.717) is 10.9 Å². The number of rotatable bonds is 4. The zero-order chi connectivity index (χ0) is 14.0. The van der Waals surface area contributed by atoms with Crippen molar-refractivity contribution in [2.24, 2.45) is 0 Å². The maximum absolute atomic E-state index is 13.6. The minimum Gasteiger partial charge on any atom is -0.461 e. The van der Waals surface area contributed by atoms with Crippen molar-refractivity contribution in [3.63, 3.8) is 0 Å². The van der Waals surface area contributed by atoms with Gasteiger partial charge in [-0.05, 0) is 36.9 Å². The third-order valence-electron chi connectivity index (χ3n) is 2.36. The van der Waals surface area contributed by atoms with Crippen LogP contribution < -0.4 is 0 Å². The van der Waals surface area contributed by atoms with Gasteiger partial charge in [0, 0.05) is 22.0 Å². The van der Waals surface area contributed by atoms with Crippen molar-refractivity contribution in [1.29, 1.82) is 0 Å². The summed E-state index contributed by atoms with van der Waals surface area (Å²) in [5.74, 6) is -2.14. The molecule has 0 fully saturated rings. The molecule has 19 heavy (non-hydrogen) atoms. The van der Waals surface area contributed by atoms with Gasteiger partial charge in [-0.3, -0.25) is 0 Å². The molecule has 0 radical (unpaired) electrons. The van der Waals surface area contributed by atoms with E-state index in [1.807, 2.05) is 0 Å². The number of ether oxygens (including phenoxy) is 1. The van der Waals surface area contributed by atoms with Gasteiger partial charge in [-0.2, -0.15) is 8.78 Å². The van der Waals surface area contributed by atoms with E-state index in [4.69, 9.17) is 0 Å². The number of halogens is 3. The number of aromatic nitrogens is 1. The molecule has 1 aromatic heterocycles. The Bertz CT molecular complexity index is 612. The highest BCUT2D eigenvalue weighted by atomic mass is 32.2. The number of thioether (sulfide) groups is 1. The zero-order valence-corrected chi connectivity index (χ0v) is 10.7. The van der Waals surface area contributed by atoms with Crippen LogP contribution in [0.15, 0.2) is 29.3 Å².